The highest BCUT2D eigenvalue weighted by atomic mass is 32.1. The summed E-state index contributed by atoms with van der Waals surface area (Å²) in [6.45, 7) is 5.76. The van der Waals surface area contributed by atoms with E-state index in [1.807, 2.05) is 48.0 Å². The van der Waals surface area contributed by atoms with Crippen LogP contribution >= 0.6 is 11.3 Å². The Bertz CT molecular complexity index is 1060. The molecule has 0 aromatic carbocycles. The number of nitrogens with two attached hydrogens (primary N) is 1. The van der Waals surface area contributed by atoms with Crippen molar-refractivity contribution in [3.05, 3.63) is 66.8 Å². The van der Waals surface area contributed by atoms with Crippen molar-refractivity contribution < 1.29 is 9.53 Å². The standard InChI is InChI=1S/C20H20N4O2S/c1-4-6-13(7-5-2)16-8-14(17-10-22-20(21)27-17)11-24-12-15(23-19(16)24)9-18(25)26-3/h4-8,10-12H,1,9H2,2-3H3,(H2,21,22)/b7-5-,13-6+. The van der Waals surface area contributed by atoms with Crippen LogP contribution in [-0.2, 0) is 16.0 Å². The molecule has 0 aliphatic carbocycles. The van der Waals surface area contributed by atoms with Gasteiger partial charge in [-0.1, -0.05) is 42.2 Å². The van der Waals surface area contributed by atoms with Crippen molar-refractivity contribution in [1.82, 2.24) is 14.4 Å². The van der Waals surface area contributed by atoms with Gasteiger partial charge in [-0.3, -0.25) is 4.79 Å². The van der Waals surface area contributed by atoms with Crippen LogP contribution in [0.1, 0.15) is 18.2 Å². The van der Waals surface area contributed by atoms with Crippen LogP contribution in [0.2, 0.25) is 0 Å². The molecule has 27 heavy (non-hydrogen) atoms. The van der Waals surface area contributed by atoms with Gasteiger partial charge in [0.15, 0.2) is 5.13 Å². The van der Waals surface area contributed by atoms with Crippen LogP contribution in [0.15, 0.2) is 55.5 Å². The number of anilines is 1. The first kappa shape index (κ1) is 18.6. The molecule has 0 bridgehead atoms. The molecule has 3 aromatic heterocycles. The molecular formula is C20H20N4O2S. The summed E-state index contributed by atoms with van der Waals surface area (Å²) < 4.78 is 6.67. The number of esters is 1. The van der Waals surface area contributed by atoms with Crippen molar-refractivity contribution in [1.29, 1.82) is 0 Å². The molecule has 0 aliphatic rings. The first-order chi connectivity index (χ1) is 13.0. The van der Waals surface area contributed by atoms with Gasteiger partial charge in [-0.15, -0.1) is 0 Å². The van der Waals surface area contributed by atoms with Crippen molar-refractivity contribution in [2.45, 2.75) is 13.3 Å². The lowest BCUT2D eigenvalue weighted by Gasteiger charge is -2.08. The van der Waals surface area contributed by atoms with Crippen molar-refractivity contribution in [2.24, 2.45) is 0 Å². The normalized spacial score (nSPS) is 12.0. The Morgan fingerprint density at radius 1 is 1.44 bits per heavy atom. The molecular weight excluding hydrogens is 360 g/mol. The Kier molecular flexibility index (Phi) is 5.52. The number of nitrogens with zero attached hydrogens (tertiary/aromatic N) is 3. The molecule has 3 rings (SSSR count). The SMILES string of the molecule is C=C/C=C(\C=C/C)c1cc(-c2cnc(N)s2)cn2cc(CC(=O)OC)nc12. The molecule has 7 heteroatoms. The molecule has 0 aliphatic heterocycles. The number of imidazole rings is 1. The number of pyridine rings is 1. The van der Waals surface area contributed by atoms with Gasteiger partial charge in [-0.2, -0.15) is 0 Å². The lowest BCUT2D eigenvalue weighted by molar-refractivity contribution is -0.139. The number of hydrogen-bond acceptors (Lipinski definition) is 6. The lowest BCUT2D eigenvalue weighted by atomic mass is 10.0. The van der Waals surface area contributed by atoms with Gasteiger partial charge in [0, 0.05) is 29.7 Å². The minimum absolute atomic E-state index is 0.116. The molecule has 138 valence electrons. The fraction of sp³-hybridized carbons (Fsp3) is 0.150. The zero-order chi connectivity index (χ0) is 19.4. The summed E-state index contributed by atoms with van der Waals surface area (Å²) in [4.78, 5) is 21.4. The van der Waals surface area contributed by atoms with Gasteiger partial charge in [-0.25, -0.2) is 9.97 Å². The zero-order valence-electron chi connectivity index (χ0n) is 15.2. The third kappa shape index (κ3) is 3.98. The van der Waals surface area contributed by atoms with Gasteiger partial charge in [0.2, 0.25) is 0 Å². The van der Waals surface area contributed by atoms with Crippen molar-refractivity contribution in [2.75, 3.05) is 12.8 Å². The Hall–Kier alpha value is -3.19. The average molecular weight is 380 g/mol. The summed E-state index contributed by atoms with van der Waals surface area (Å²) in [5.74, 6) is -0.328. The highest BCUT2D eigenvalue weighted by Gasteiger charge is 2.15. The molecule has 6 nitrogen and oxygen atoms in total. The van der Waals surface area contributed by atoms with E-state index in [4.69, 9.17) is 10.5 Å². The first-order valence-electron chi connectivity index (χ1n) is 8.31. The summed E-state index contributed by atoms with van der Waals surface area (Å²) in [5.41, 5.74) is 10.0. The maximum Gasteiger partial charge on any atom is 0.311 e. The van der Waals surface area contributed by atoms with Crippen LogP contribution in [-0.4, -0.2) is 27.4 Å². The van der Waals surface area contributed by atoms with Crippen LogP contribution < -0.4 is 5.73 Å². The molecule has 0 saturated carbocycles. The number of allylic oxidation sites excluding steroid dienone is 5. The van der Waals surface area contributed by atoms with E-state index in [1.165, 1.54) is 18.4 Å². The maximum absolute atomic E-state index is 11.6. The van der Waals surface area contributed by atoms with E-state index in [0.29, 0.717) is 10.8 Å². The van der Waals surface area contributed by atoms with Crippen LogP contribution in [0.25, 0.3) is 21.7 Å². The van der Waals surface area contributed by atoms with E-state index in [9.17, 15) is 4.79 Å². The summed E-state index contributed by atoms with van der Waals surface area (Å²) in [7, 11) is 1.37. The third-order valence-corrected chi connectivity index (χ3v) is 4.79. The largest absolute Gasteiger partial charge is 0.469 e. The summed E-state index contributed by atoms with van der Waals surface area (Å²) in [6.07, 6.45) is 13.3. The molecule has 0 radical (unpaired) electrons. The van der Waals surface area contributed by atoms with E-state index in [1.54, 1.807) is 12.3 Å². The minimum atomic E-state index is -0.328. The molecule has 0 unspecified atom stereocenters. The van der Waals surface area contributed by atoms with Gasteiger partial charge in [0.25, 0.3) is 0 Å². The minimum Gasteiger partial charge on any atom is -0.469 e. The van der Waals surface area contributed by atoms with E-state index >= 15 is 0 Å². The van der Waals surface area contributed by atoms with Crippen LogP contribution in [0, 0.1) is 0 Å². The van der Waals surface area contributed by atoms with Crippen molar-refractivity contribution in [3.8, 4) is 10.4 Å². The maximum atomic E-state index is 11.6. The Morgan fingerprint density at radius 2 is 2.26 bits per heavy atom. The summed E-state index contributed by atoms with van der Waals surface area (Å²) in [5, 5.41) is 0.513. The highest BCUT2D eigenvalue weighted by Crippen LogP contribution is 2.32. The van der Waals surface area contributed by atoms with Crippen LogP contribution in [0.4, 0.5) is 5.13 Å². The fourth-order valence-electron chi connectivity index (χ4n) is 2.76. The second kappa shape index (κ2) is 8.01. The quantitative estimate of drug-likeness (QED) is 0.518. The number of carbonyl (C=O) groups is 1. The van der Waals surface area contributed by atoms with Gasteiger partial charge in [0.05, 0.1) is 24.1 Å². The van der Waals surface area contributed by atoms with Crippen LogP contribution in [0.5, 0.6) is 0 Å². The van der Waals surface area contributed by atoms with Gasteiger partial charge >= 0.3 is 5.97 Å². The highest BCUT2D eigenvalue weighted by molar-refractivity contribution is 7.18. The molecule has 0 fully saturated rings. The van der Waals surface area contributed by atoms with Gasteiger partial charge in [-0.05, 0) is 18.6 Å². The van der Waals surface area contributed by atoms with E-state index in [2.05, 4.69) is 16.5 Å². The molecule has 2 N–H and O–H groups in total. The molecule has 3 heterocycles. The van der Waals surface area contributed by atoms with Crippen LogP contribution in [0.3, 0.4) is 0 Å². The molecule has 0 amide bonds. The molecule has 0 saturated heterocycles. The van der Waals surface area contributed by atoms with Gasteiger partial charge in [0.1, 0.15) is 5.65 Å². The Labute approximate surface area is 161 Å². The fourth-order valence-corrected chi connectivity index (χ4v) is 3.43. The summed E-state index contributed by atoms with van der Waals surface area (Å²) in [6, 6.07) is 2.05. The number of ether oxygens (including phenoxy) is 1. The number of fused-ring (bicyclic) bond motifs is 1. The number of thiazole rings is 1. The van der Waals surface area contributed by atoms with Crippen molar-refractivity contribution >= 4 is 33.7 Å². The number of aromatic nitrogens is 3. The Balaban J connectivity index is 2.23. The number of hydrogen-bond donors (Lipinski definition) is 1. The lowest BCUT2D eigenvalue weighted by Crippen LogP contribution is -2.04. The number of rotatable bonds is 6. The van der Waals surface area contributed by atoms with E-state index < -0.39 is 0 Å². The molecule has 3 aromatic rings. The smallest absolute Gasteiger partial charge is 0.311 e. The van der Waals surface area contributed by atoms with E-state index in [-0.39, 0.29) is 12.4 Å². The zero-order valence-corrected chi connectivity index (χ0v) is 16.0. The molecule has 0 spiro atoms. The average Bonchev–Trinajstić information content (AvgIpc) is 3.26. The number of carbonyl (C=O) groups excluding carboxylic acids is 1. The molecule has 0 atom stereocenters. The topological polar surface area (TPSA) is 82.5 Å². The second-order valence-corrected chi connectivity index (χ2v) is 6.84. The van der Waals surface area contributed by atoms with Crippen molar-refractivity contribution in [3.63, 3.8) is 0 Å². The van der Waals surface area contributed by atoms with E-state index in [0.717, 1.165) is 27.2 Å². The number of nitrogen functional groups attached to an aromatic ring is 1. The first-order valence-corrected chi connectivity index (χ1v) is 9.13. The summed E-state index contributed by atoms with van der Waals surface area (Å²) >= 11 is 1.42. The third-order valence-electron chi connectivity index (χ3n) is 3.92. The second-order valence-electron chi connectivity index (χ2n) is 5.78. The number of methoxy groups -OCH3 is 1. The Morgan fingerprint density at radius 3 is 2.89 bits per heavy atom. The van der Waals surface area contributed by atoms with Gasteiger partial charge < -0.3 is 14.9 Å². The predicted octanol–water partition coefficient (Wildman–Crippen LogP) is 3.90. The predicted molar refractivity (Wildman–Crippen MR) is 109 cm³/mol. The monoisotopic (exact) mass is 380 g/mol.